The molecule has 1 atom stereocenters. The Labute approximate surface area is 111 Å². The van der Waals surface area contributed by atoms with Crippen LogP contribution in [0.2, 0.25) is 0 Å². The summed E-state index contributed by atoms with van der Waals surface area (Å²) in [7, 11) is 2.09. The third-order valence-corrected chi connectivity index (χ3v) is 3.59. The number of hydrogen-bond acceptors (Lipinski definition) is 4. The number of nitrogens with zero attached hydrogens (tertiary/aromatic N) is 3. The van der Waals surface area contributed by atoms with Gasteiger partial charge in [0.2, 0.25) is 0 Å². The van der Waals surface area contributed by atoms with E-state index in [9.17, 15) is 4.79 Å². The first kappa shape index (κ1) is 12.2. The molecule has 1 fully saturated rings. The number of fused-ring (bicyclic) bond motifs is 1. The minimum Gasteiger partial charge on any atom is -0.462 e. The first-order valence-electron chi connectivity index (χ1n) is 6.50. The van der Waals surface area contributed by atoms with Gasteiger partial charge in [-0.3, -0.25) is 0 Å². The average molecular weight is 259 g/mol. The SMILES string of the molecule is CN1CC[C@H](COC(=O)c2ccn3cncc3c2)C1. The van der Waals surface area contributed by atoms with Crippen LogP contribution in [0.25, 0.3) is 5.52 Å². The number of carbonyl (C=O) groups excluding carboxylic acids is 1. The van der Waals surface area contributed by atoms with Gasteiger partial charge in [-0.25, -0.2) is 9.78 Å². The molecule has 0 amide bonds. The number of ether oxygens (including phenoxy) is 1. The summed E-state index contributed by atoms with van der Waals surface area (Å²) in [6, 6.07) is 3.56. The highest BCUT2D eigenvalue weighted by Crippen LogP contribution is 2.15. The quantitative estimate of drug-likeness (QED) is 0.783. The van der Waals surface area contributed by atoms with Gasteiger partial charge in [0.05, 0.1) is 30.2 Å². The minimum absolute atomic E-state index is 0.252. The third kappa shape index (κ3) is 2.61. The van der Waals surface area contributed by atoms with Crippen molar-refractivity contribution < 1.29 is 9.53 Å². The van der Waals surface area contributed by atoms with Gasteiger partial charge in [0.15, 0.2) is 0 Å². The van der Waals surface area contributed by atoms with Crippen molar-refractivity contribution in [2.45, 2.75) is 6.42 Å². The lowest BCUT2D eigenvalue weighted by atomic mass is 10.1. The maximum Gasteiger partial charge on any atom is 0.338 e. The summed E-state index contributed by atoms with van der Waals surface area (Å²) in [6.45, 7) is 2.60. The second-order valence-electron chi connectivity index (χ2n) is 5.16. The van der Waals surface area contributed by atoms with Gasteiger partial charge >= 0.3 is 5.97 Å². The van der Waals surface area contributed by atoms with E-state index in [1.54, 1.807) is 24.7 Å². The third-order valence-electron chi connectivity index (χ3n) is 3.59. The second kappa shape index (κ2) is 5.01. The Hall–Kier alpha value is -1.88. The van der Waals surface area contributed by atoms with Crippen molar-refractivity contribution in [3.63, 3.8) is 0 Å². The van der Waals surface area contributed by atoms with Crippen LogP contribution in [0.4, 0.5) is 0 Å². The van der Waals surface area contributed by atoms with E-state index in [-0.39, 0.29) is 5.97 Å². The van der Waals surface area contributed by atoms with Gasteiger partial charge in [-0.05, 0) is 32.1 Å². The molecule has 3 heterocycles. The molecule has 100 valence electrons. The Balaban J connectivity index is 1.63. The highest BCUT2D eigenvalue weighted by molar-refractivity contribution is 5.90. The smallest absolute Gasteiger partial charge is 0.338 e. The summed E-state index contributed by atoms with van der Waals surface area (Å²) < 4.78 is 7.25. The molecule has 0 radical (unpaired) electrons. The van der Waals surface area contributed by atoms with Gasteiger partial charge < -0.3 is 14.0 Å². The zero-order valence-electron chi connectivity index (χ0n) is 11.0. The molecule has 5 nitrogen and oxygen atoms in total. The number of imidazole rings is 1. The molecule has 19 heavy (non-hydrogen) atoms. The van der Waals surface area contributed by atoms with Crippen LogP contribution in [-0.4, -0.2) is 47.0 Å². The summed E-state index contributed by atoms with van der Waals surface area (Å²) in [5.41, 5.74) is 1.48. The molecule has 2 aromatic heterocycles. The fourth-order valence-corrected chi connectivity index (χ4v) is 2.49. The molecule has 0 unspecified atom stereocenters. The second-order valence-corrected chi connectivity index (χ2v) is 5.16. The maximum absolute atomic E-state index is 12.0. The van der Waals surface area contributed by atoms with Crippen LogP contribution in [0, 0.1) is 5.92 Å². The molecule has 3 rings (SSSR count). The van der Waals surface area contributed by atoms with E-state index in [4.69, 9.17) is 4.74 Å². The van der Waals surface area contributed by atoms with Gasteiger partial charge in [0.25, 0.3) is 0 Å². The van der Waals surface area contributed by atoms with Gasteiger partial charge in [0.1, 0.15) is 0 Å². The van der Waals surface area contributed by atoms with Gasteiger partial charge in [-0.15, -0.1) is 0 Å². The molecule has 2 aromatic rings. The largest absolute Gasteiger partial charge is 0.462 e. The fourth-order valence-electron chi connectivity index (χ4n) is 2.49. The molecule has 0 aromatic carbocycles. The van der Waals surface area contributed by atoms with E-state index in [1.807, 2.05) is 10.6 Å². The van der Waals surface area contributed by atoms with Crippen molar-refractivity contribution in [1.82, 2.24) is 14.3 Å². The average Bonchev–Trinajstić information content (AvgIpc) is 3.03. The molecule has 0 bridgehead atoms. The first-order valence-corrected chi connectivity index (χ1v) is 6.50. The number of rotatable bonds is 3. The van der Waals surface area contributed by atoms with E-state index in [0.29, 0.717) is 18.1 Å². The van der Waals surface area contributed by atoms with Crippen molar-refractivity contribution in [3.8, 4) is 0 Å². The van der Waals surface area contributed by atoms with E-state index < -0.39 is 0 Å². The van der Waals surface area contributed by atoms with Crippen LogP contribution in [0.3, 0.4) is 0 Å². The Morgan fingerprint density at radius 3 is 3.26 bits per heavy atom. The van der Waals surface area contributed by atoms with E-state index in [0.717, 1.165) is 25.0 Å². The summed E-state index contributed by atoms with van der Waals surface area (Å²) in [6.07, 6.45) is 6.36. The molecule has 0 saturated carbocycles. The zero-order valence-corrected chi connectivity index (χ0v) is 11.0. The van der Waals surface area contributed by atoms with Gasteiger partial charge in [-0.2, -0.15) is 0 Å². The fraction of sp³-hybridized carbons (Fsp3) is 0.429. The van der Waals surface area contributed by atoms with E-state index in [2.05, 4.69) is 16.9 Å². The molecule has 0 spiro atoms. The lowest BCUT2D eigenvalue weighted by molar-refractivity contribution is 0.0445. The van der Waals surface area contributed by atoms with Crippen LogP contribution in [0.1, 0.15) is 16.8 Å². The molecule has 1 saturated heterocycles. The molecular formula is C14H17N3O2. The summed E-state index contributed by atoms with van der Waals surface area (Å²) in [4.78, 5) is 18.3. The van der Waals surface area contributed by atoms with Crippen molar-refractivity contribution in [2.24, 2.45) is 5.92 Å². The van der Waals surface area contributed by atoms with Crippen molar-refractivity contribution in [2.75, 3.05) is 26.7 Å². The monoisotopic (exact) mass is 259 g/mol. The molecule has 1 aliphatic heterocycles. The van der Waals surface area contributed by atoms with E-state index >= 15 is 0 Å². The number of pyridine rings is 1. The highest BCUT2D eigenvalue weighted by Gasteiger charge is 2.21. The number of aromatic nitrogens is 2. The molecule has 1 aliphatic rings. The Bertz CT molecular complexity index is 593. The lowest BCUT2D eigenvalue weighted by Gasteiger charge is -2.11. The van der Waals surface area contributed by atoms with Crippen LogP contribution >= 0.6 is 0 Å². The lowest BCUT2D eigenvalue weighted by Crippen LogP contribution is -2.18. The summed E-state index contributed by atoms with van der Waals surface area (Å²) in [5.74, 6) is 0.214. The van der Waals surface area contributed by atoms with Crippen molar-refractivity contribution >= 4 is 11.5 Å². The standard InChI is InChI=1S/C14H17N3O2/c1-16-4-2-11(8-16)9-19-14(18)12-3-5-17-10-15-7-13(17)6-12/h3,5-7,10-11H,2,4,8-9H2,1H3/t11-/m0/s1. The molecule has 5 heteroatoms. The summed E-state index contributed by atoms with van der Waals surface area (Å²) >= 11 is 0. The zero-order chi connectivity index (χ0) is 13.2. The topological polar surface area (TPSA) is 46.8 Å². The van der Waals surface area contributed by atoms with Gasteiger partial charge in [0, 0.05) is 18.7 Å². The highest BCUT2D eigenvalue weighted by atomic mass is 16.5. The number of carbonyl (C=O) groups is 1. The molecule has 0 aliphatic carbocycles. The van der Waals surface area contributed by atoms with Crippen molar-refractivity contribution in [3.05, 3.63) is 36.4 Å². The predicted molar refractivity (Wildman–Crippen MR) is 71.1 cm³/mol. The molecule has 0 N–H and O–H groups in total. The van der Waals surface area contributed by atoms with Crippen LogP contribution in [0.15, 0.2) is 30.9 Å². The summed E-state index contributed by atoms with van der Waals surface area (Å²) in [5, 5.41) is 0. The Morgan fingerprint density at radius 2 is 2.47 bits per heavy atom. The Morgan fingerprint density at radius 1 is 1.58 bits per heavy atom. The minimum atomic E-state index is -0.252. The van der Waals surface area contributed by atoms with E-state index in [1.165, 1.54) is 0 Å². The van der Waals surface area contributed by atoms with Gasteiger partial charge in [-0.1, -0.05) is 0 Å². The number of esters is 1. The number of hydrogen-bond donors (Lipinski definition) is 0. The molecular weight excluding hydrogens is 242 g/mol. The predicted octanol–water partition coefficient (Wildman–Crippen LogP) is 1.44. The van der Waals surface area contributed by atoms with Crippen LogP contribution in [0.5, 0.6) is 0 Å². The first-order chi connectivity index (χ1) is 9.22. The van der Waals surface area contributed by atoms with Crippen LogP contribution < -0.4 is 0 Å². The maximum atomic E-state index is 12.0. The normalized spacial score (nSPS) is 19.9. The number of likely N-dealkylation sites (tertiary alicyclic amines) is 1. The van der Waals surface area contributed by atoms with Crippen LogP contribution in [-0.2, 0) is 4.74 Å². The Kier molecular flexibility index (Phi) is 3.21. The van der Waals surface area contributed by atoms with Crippen molar-refractivity contribution in [1.29, 1.82) is 0 Å².